The van der Waals surface area contributed by atoms with Crippen LogP contribution in [0.2, 0.25) is 5.15 Å². The molecule has 2 rings (SSSR count). The Bertz CT molecular complexity index is 471. The normalized spacial score (nSPS) is 22.4. The van der Waals surface area contributed by atoms with Gasteiger partial charge in [0.2, 0.25) is 11.0 Å². The molecule has 2 unspecified atom stereocenters. The van der Waals surface area contributed by atoms with Crippen LogP contribution in [0.15, 0.2) is 6.33 Å². The van der Waals surface area contributed by atoms with Crippen LogP contribution in [0.25, 0.3) is 0 Å². The number of rotatable bonds is 5. The Kier molecular flexibility index (Phi) is 4.49. The van der Waals surface area contributed by atoms with Gasteiger partial charge in [-0.25, -0.2) is 9.97 Å². The van der Waals surface area contributed by atoms with Crippen LogP contribution < -0.4 is 5.32 Å². The molecule has 7 nitrogen and oxygen atoms in total. The van der Waals surface area contributed by atoms with E-state index in [-0.39, 0.29) is 29.2 Å². The number of nitro groups is 1. The third-order valence-corrected chi connectivity index (χ3v) is 3.82. The van der Waals surface area contributed by atoms with Crippen LogP contribution in [-0.2, 0) is 0 Å². The summed E-state index contributed by atoms with van der Waals surface area (Å²) in [6, 6.07) is 0. The number of nitrogens with zero attached hydrogens (tertiary/aromatic N) is 3. The van der Waals surface area contributed by atoms with E-state index in [1.807, 2.05) is 0 Å². The van der Waals surface area contributed by atoms with Crippen molar-refractivity contribution in [2.24, 2.45) is 11.8 Å². The summed E-state index contributed by atoms with van der Waals surface area (Å²) >= 11 is 5.70. The van der Waals surface area contributed by atoms with E-state index in [4.69, 9.17) is 11.6 Å². The van der Waals surface area contributed by atoms with Crippen LogP contribution in [0, 0.1) is 22.0 Å². The van der Waals surface area contributed by atoms with E-state index in [9.17, 15) is 15.2 Å². The molecule has 1 aromatic rings. The first-order valence-corrected chi connectivity index (χ1v) is 6.51. The first-order chi connectivity index (χ1) is 9.13. The smallest absolute Gasteiger partial charge is 0.348 e. The van der Waals surface area contributed by atoms with Gasteiger partial charge in [0.25, 0.3) is 0 Å². The monoisotopic (exact) mass is 286 g/mol. The van der Waals surface area contributed by atoms with Gasteiger partial charge in [-0.2, -0.15) is 0 Å². The minimum atomic E-state index is -0.594. The van der Waals surface area contributed by atoms with Gasteiger partial charge in [-0.15, -0.1) is 0 Å². The molecule has 8 heteroatoms. The van der Waals surface area contributed by atoms with E-state index in [0.717, 1.165) is 19.3 Å². The number of hydrogen-bond acceptors (Lipinski definition) is 6. The van der Waals surface area contributed by atoms with Gasteiger partial charge in [-0.3, -0.25) is 10.1 Å². The average molecular weight is 287 g/mol. The van der Waals surface area contributed by atoms with Crippen LogP contribution >= 0.6 is 11.6 Å². The van der Waals surface area contributed by atoms with Crippen LogP contribution in [0.5, 0.6) is 0 Å². The van der Waals surface area contributed by atoms with Crippen molar-refractivity contribution in [3.8, 4) is 0 Å². The number of hydrogen-bond donors (Lipinski definition) is 2. The maximum absolute atomic E-state index is 10.9. The largest absolute Gasteiger partial charge is 0.396 e. The second-order valence-electron chi connectivity index (χ2n) is 4.63. The minimum absolute atomic E-state index is 0.133. The molecular weight excluding hydrogens is 272 g/mol. The molecule has 1 fully saturated rings. The van der Waals surface area contributed by atoms with Gasteiger partial charge in [-0.05, 0) is 24.7 Å². The lowest BCUT2D eigenvalue weighted by atomic mass is 9.97. The predicted octanol–water partition coefficient (Wildman–Crippen LogP) is 1.86. The maximum Gasteiger partial charge on any atom is 0.348 e. The molecule has 1 aromatic heterocycles. The fourth-order valence-corrected chi connectivity index (χ4v) is 2.70. The van der Waals surface area contributed by atoms with Crippen molar-refractivity contribution >= 4 is 23.1 Å². The Morgan fingerprint density at radius 1 is 1.47 bits per heavy atom. The highest BCUT2D eigenvalue weighted by Crippen LogP contribution is 2.33. The molecule has 0 bridgehead atoms. The zero-order chi connectivity index (χ0) is 13.8. The fourth-order valence-electron chi connectivity index (χ4n) is 2.50. The molecule has 0 saturated heterocycles. The number of halogens is 1. The van der Waals surface area contributed by atoms with E-state index in [1.54, 1.807) is 0 Å². The number of aliphatic hydroxyl groups excluding tert-OH is 1. The van der Waals surface area contributed by atoms with Crippen LogP contribution in [0.1, 0.15) is 19.3 Å². The Morgan fingerprint density at radius 3 is 2.89 bits per heavy atom. The molecule has 104 valence electrons. The maximum atomic E-state index is 10.9. The molecule has 0 spiro atoms. The third kappa shape index (κ3) is 3.10. The van der Waals surface area contributed by atoms with Crippen molar-refractivity contribution in [3.05, 3.63) is 21.6 Å². The summed E-state index contributed by atoms with van der Waals surface area (Å²) in [6.07, 6.45) is 4.26. The van der Waals surface area contributed by atoms with Gasteiger partial charge in [-0.1, -0.05) is 18.0 Å². The molecule has 2 N–H and O–H groups in total. The Balaban J connectivity index is 2.07. The minimum Gasteiger partial charge on any atom is -0.396 e. The van der Waals surface area contributed by atoms with Crippen molar-refractivity contribution < 1.29 is 10.0 Å². The van der Waals surface area contributed by atoms with E-state index in [1.165, 1.54) is 6.33 Å². The van der Waals surface area contributed by atoms with Crippen molar-refractivity contribution in [1.29, 1.82) is 0 Å². The van der Waals surface area contributed by atoms with Crippen molar-refractivity contribution in [2.75, 3.05) is 18.5 Å². The lowest BCUT2D eigenvalue weighted by Gasteiger charge is -2.17. The van der Waals surface area contributed by atoms with Crippen molar-refractivity contribution in [3.63, 3.8) is 0 Å². The molecule has 1 saturated carbocycles. The van der Waals surface area contributed by atoms with E-state index in [2.05, 4.69) is 15.3 Å². The molecule has 1 aliphatic carbocycles. The number of aliphatic hydroxyl groups is 1. The fraction of sp³-hybridized carbons (Fsp3) is 0.636. The van der Waals surface area contributed by atoms with Gasteiger partial charge in [0, 0.05) is 13.2 Å². The van der Waals surface area contributed by atoms with Crippen molar-refractivity contribution in [1.82, 2.24) is 9.97 Å². The first kappa shape index (κ1) is 14.0. The van der Waals surface area contributed by atoms with Gasteiger partial charge in [0.1, 0.15) is 6.33 Å². The van der Waals surface area contributed by atoms with E-state index >= 15 is 0 Å². The lowest BCUT2D eigenvalue weighted by Crippen LogP contribution is -2.21. The number of anilines is 1. The molecule has 0 aliphatic heterocycles. The summed E-state index contributed by atoms with van der Waals surface area (Å²) in [6.45, 7) is 0.693. The van der Waals surface area contributed by atoms with Gasteiger partial charge >= 0.3 is 5.69 Å². The standard InChI is InChI=1S/C11H15ClN4O3/c12-10-9(16(18)19)11(15-6-14-10)13-4-7-2-1-3-8(7)5-17/h6-8,17H,1-5H2,(H,13,14,15). The van der Waals surface area contributed by atoms with E-state index < -0.39 is 4.92 Å². The van der Waals surface area contributed by atoms with Gasteiger partial charge in [0.15, 0.2) is 0 Å². The zero-order valence-corrected chi connectivity index (χ0v) is 11.0. The molecule has 0 radical (unpaired) electrons. The third-order valence-electron chi connectivity index (χ3n) is 3.54. The molecule has 19 heavy (non-hydrogen) atoms. The summed E-state index contributed by atoms with van der Waals surface area (Å²) in [5.74, 6) is 0.691. The van der Waals surface area contributed by atoms with Crippen LogP contribution in [0.4, 0.5) is 11.5 Å². The number of aromatic nitrogens is 2. The Labute approximate surface area is 115 Å². The van der Waals surface area contributed by atoms with E-state index in [0.29, 0.717) is 12.5 Å². The topological polar surface area (TPSA) is 101 Å². The van der Waals surface area contributed by atoms with Crippen LogP contribution in [0.3, 0.4) is 0 Å². The Morgan fingerprint density at radius 2 is 2.21 bits per heavy atom. The Hall–Kier alpha value is -1.47. The molecular formula is C11H15ClN4O3. The number of nitrogens with one attached hydrogen (secondary N) is 1. The SMILES string of the molecule is O=[N+]([O-])c1c(Cl)ncnc1NCC1CCCC1CO. The molecule has 1 heterocycles. The second kappa shape index (κ2) is 6.12. The summed E-state index contributed by atoms with van der Waals surface area (Å²) in [5.41, 5.74) is -0.303. The highest BCUT2D eigenvalue weighted by Gasteiger charge is 2.28. The van der Waals surface area contributed by atoms with Crippen molar-refractivity contribution in [2.45, 2.75) is 19.3 Å². The second-order valence-corrected chi connectivity index (χ2v) is 4.99. The summed E-state index contributed by atoms with van der Waals surface area (Å²) in [5, 5.41) is 22.9. The zero-order valence-electron chi connectivity index (χ0n) is 10.3. The lowest BCUT2D eigenvalue weighted by molar-refractivity contribution is -0.384. The summed E-state index contributed by atoms with van der Waals surface area (Å²) < 4.78 is 0. The summed E-state index contributed by atoms with van der Waals surface area (Å²) in [7, 11) is 0. The summed E-state index contributed by atoms with van der Waals surface area (Å²) in [4.78, 5) is 17.8. The quantitative estimate of drug-likeness (QED) is 0.487. The van der Waals surface area contributed by atoms with Gasteiger partial charge in [0.05, 0.1) is 4.92 Å². The predicted molar refractivity (Wildman–Crippen MR) is 70.1 cm³/mol. The van der Waals surface area contributed by atoms with Crippen LogP contribution in [-0.4, -0.2) is 33.1 Å². The molecule has 1 aliphatic rings. The average Bonchev–Trinajstić information content (AvgIpc) is 2.83. The highest BCUT2D eigenvalue weighted by atomic mass is 35.5. The molecule has 0 aromatic carbocycles. The highest BCUT2D eigenvalue weighted by molar-refractivity contribution is 6.31. The molecule has 2 atom stereocenters. The molecule has 0 amide bonds. The van der Waals surface area contributed by atoms with Gasteiger partial charge < -0.3 is 10.4 Å². The first-order valence-electron chi connectivity index (χ1n) is 6.13.